The van der Waals surface area contributed by atoms with Crippen LogP contribution in [0.1, 0.15) is 18.4 Å². The van der Waals surface area contributed by atoms with Gasteiger partial charge >= 0.3 is 0 Å². The Morgan fingerprint density at radius 3 is 2.65 bits per heavy atom. The lowest BCUT2D eigenvalue weighted by molar-refractivity contribution is 0.0739. The summed E-state index contributed by atoms with van der Waals surface area (Å²) in [6.07, 6.45) is 2.57. The molecule has 4 rings (SSSR count). The molecular weight excluding hydrogens is 369 g/mol. The Labute approximate surface area is 164 Å². The Kier molecular flexibility index (Phi) is 5.46. The zero-order valence-corrected chi connectivity index (χ0v) is 16.0. The second-order valence-corrected chi connectivity index (χ2v) is 7.46. The Hall–Kier alpha value is -1.59. The van der Waals surface area contributed by atoms with Gasteiger partial charge in [0.05, 0.1) is 29.5 Å². The van der Waals surface area contributed by atoms with Gasteiger partial charge in [-0.1, -0.05) is 53.5 Å². The number of rotatable bonds is 4. The average Bonchev–Trinajstić information content (AvgIpc) is 3.18. The van der Waals surface area contributed by atoms with Crippen LogP contribution in [0, 0.1) is 0 Å². The lowest BCUT2D eigenvalue weighted by atomic mass is 10.1. The van der Waals surface area contributed by atoms with Crippen molar-refractivity contribution in [2.75, 3.05) is 31.4 Å². The third kappa shape index (κ3) is 3.89. The van der Waals surface area contributed by atoms with Gasteiger partial charge in [-0.2, -0.15) is 0 Å². The molecule has 0 spiro atoms. The molecule has 2 heterocycles. The van der Waals surface area contributed by atoms with Crippen LogP contribution in [0.4, 0.5) is 5.69 Å². The van der Waals surface area contributed by atoms with Crippen LogP contribution in [0.15, 0.2) is 53.5 Å². The number of benzene rings is 2. The normalized spacial score (nSPS) is 21.1. The highest BCUT2D eigenvalue weighted by Gasteiger charge is 2.26. The molecule has 0 radical (unpaired) electrons. The quantitative estimate of drug-likeness (QED) is 0.761. The van der Waals surface area contributed by atoms with Crippen molar-refractivity contribution in [2.24, 2.45) is 4.99 Å². The lowest BCUT2D eigenvalue weighted by Crippen LogP contribution is -2.48. The van der Waals surface area contributed by atoms with E-state index in [0.29, 0.717) is 22.8 Å². The largest absolute Gasteiger partial charge is 0.377 e. The standard InChI is InChI=1S/C20H21Cl2N3O/c21-18-9-8-16(11-19(18)22)25-14-24(12-17-7-4-10-26-17)13-23-20(25)15-5-2-1-3-6-15/h1-3,5-6,8-9,11,17H,4,7,10,12-14H2/t17-/m1/s1. The molecule has 0 amide bonds. The summed E-state index contributed by atoms with van der Waals surface area (Å²) in [5.74, 6) is 0.951. The van der Waals surface area contributed by atoms with Crippen molar-refractivity contribution in [1.29, 1.82) is 0 Å². The monoisotopic (exact) mass is 389 g/mol. The second kappa shape index (κ2) is 7.97. The van der Waals surface area contributed by atoms with Gasteiger partial charge in [0, 0.05) is 24.4 Å². The minimum Gasteiger partial charge on any atom is -0.377 e. The van der Waals surface area contributed by atoms with E-state index in [9.17, 15) is 0 Å². The highest BCUT2D eigenvalue weighted by Crippen LogP contribution is 2.29. The molecule has 0 unspecified atom stereocenters. The first-order valence-corrected chi connectivity index (χ1v) is 9.63. The summed E-state index contributed by atoms with van der Waals surface area (Å²) in [6.45, 7) is 3.17. The number of hydrogen-bond donors (Lipinski definition) is 0. The maximum atomic E-state index is 6.27. The van der Waals surface area contributed by atoms with E-state index in [1.165, 1.54) is 0 Å². The van der Waals surface area contributed by atoms with Gasteiger partial charge in [-0.3, -0.25) is 9.89 Å². The van der Waals surface area contributed by atoms with E-state index >= 15 is 0 Å². The van der Waals surface area contributed by atoms with E-state index in [1.807, 2.05) is 36.4 Å². The van der Waals surface area contributed by atoms with Crippen LogP contribution >= 0.6 is 23.2 Å². The Bertz CT molecular complexity index is 791. The molecule has 6 heteroatoms. The molecule has 2 aromatic rings. The van der Waals surface area contributed by atoms with E-state index in [-0.39, 0.29) is 0 Å². The van der Waals surface area contributed by atoms with Crippen LogP contribution in [0.25, 0.3) is 0 Å². The topological polar surface area (TPSA) is 28.1 Å². The third-order valence-electron chi connectivity index (χ3n) is 4.75. The number of amidine groups is 1. The van der Waals surface area contributed by atoms with Gasteiger partial charge in [-0.15, -0.1) is 0 Å². The zero-order valence-electron chi connectivity index (χ0n) is 14.4. The van der Waals surface area contributed by atoms with Crippen LogP contribution in [0.5, 0.6) is 0 Å². The van der Waals surface area contributed by atoms with E-state index in [2.05, 4.69) is 21.9 Å². The van der Waals surface area contributed by atoms with E-state index in [4.69, 9.17) is 32.9 Å². The summed E-state index contributed by atoms with van der Waals surface area (Å²) in [5.41, 5.74) is 2.08. The molecule has 136 valence electrons. The summed E-state index contributed by atoms with van der Waals surface area (Å²) in [7, 11) is 0. The van der Waals surface area contributed by atoms with Gasteiger partial charge < -0.3 is 9.64 Å². The minimum atomic E-state index is 0.305. The molecule has 0 aliphatic carbocycles. The highest BCUT2D eigenvalue weighted by atomic mass is 35.5. The Balaban J connectivity index is 1.64. The Morgan fingerprint density at radius 1 is 1.08 bits per heavy atom. The molecule has 1 fully saturated rings. The fourth-order valence-corrected chi connectivity index (χ4v) is 3.74. The van der Waals surface area contributed by atoms with Gasteiger partial charge in [0.25, 0.3) is 0 Å². The molecule has 4 nitrogen and oxygen atoms in total. The van der Waals surface area contributed by atoms with E-state index < -0.39 is 0 Å². The molecule has 0 N–H and O–H groups in total. The SMILES string of the molecule is Clc1ccc(N2CN(C[C@H]3CCCO3)CN=C2c2ccccc2)cc1Cl. The van der Waals surface area contributed by atoms with Crippen LogP contribution in [0.2, 0.25) is 10.0 Å². The summed E-state index contributed by atoms with van der Waals surface area (Å²) in [4.78, 5) is 9.37. The van der Waals surface area contributed by atoms with Crippen molar-refractivity contribution >= 4 is 34.7 Å². The summed E-state index contributed by atoms with van der Waals surface area (Å²) in [5, 5.41) is 1.11. The highest BCUT2D eigenvalue weighted by molar-refractivity contribution is 6.42. The number of ether oxygens (including phenoxy) is 1. The first-order chi connectivity index (χ1) is 12.7. The zero-order chi connectivity index (χ0) is 17.9. The maximum absolute atomic E-state index is 6.27. The predicted molar refractivity (Wildman–Crippen MR) is 107 cm³/mol. The van der Waals surface area contributed by atoms with Crippen molar-refractivity contribution in [3.8, 4) is 0 Å². The van der Waals surface area contributed by atoms with E-state index in [1.54, 1.807) is 0 Å². The van der Waals surface area contributed by atoms with Crippen LogP contribution in [-0.4, -0.2) is 43.3 Å². The first kappa shape index (κ1) is 17.8. The maximum Gasteiger partial charge on any atom is 0.137 e. The Morgan fingerprint density at radius 2 is 1.92 bits per heavy atom. The van der Waals surface area contributed by atoms with E-state index in [0.717, 1.165) is 49.7 Å². The molecule has 2 aliphatic rings. The average molecular weight is 390 g/mol. The smallest absolute Gasteiger partial charge is 0.137 e. The molecule has 0 bridgehead atoms. The van der Waals surface area contributed by atoms with Crippen molar-refractivity contribution in [3.05, 3.63) is 64.1 Å². The van der Waals surface area contributed by atoms with Crippen molar-refractivity contribution in [3.63, 3.8) is 0 Å². The third-order valence-corrected chi connectivity index (χ3v) is 5.49. The van der Waals surface area contributed by atoms with Gasteiger partial charge in [-0.25, -0.2) is 0 Å². The van der Waals surface area contributed by atoms with Crippen LogP contribution in [-0.2, 0) is 4.74 Å². The number of halogens is 2. The molecule has 1 saturated heterocycles. The fourth-order valence-electron chi connectivity index (χ4n) is 3.45. The van der Waals surface area contributed by atoms with Crippen molar-refractivity contribution in [2.45, 2.75) is 18.9 Å². The molecule has 2 aliphatic heterocycles. The molecular formula is C20H21Cl2N3O. The molecule has 1 atom stereocenters. The predicted octanol–water partition coefficient (Wildman–Crippen LogP) is 4.66. The van der Waals surface area contributed by atoms with Gasteiger partial charge in [0.15, 0.2) is 0 Å². The van der Waals surface area contributed by atoms with Gasteiger partial charge in [0.1, 0.15) is 5.84 Å². The molecule has 2 aromatic carbocycles. The summed E-state index contributed by atoms with van der Waals surface area (Å²) >= 11 is 12.4. The number of aliphatic imine (C=N–C) groups is 1. The molecule has 0 saturated carbocycles. The van der Waals surface area contributed by atoms with Crippen LogP contribution < -0.4 is 4.90 Å². The lowest BCUT2D eigenvalue weighted by Gasteiger charge is -2.37. The first-order valence-electron chi connectivity index (χ1n) is 8.87. The summed E-state index contributed by atoms with van der Waals surface area (Å²) in [6, 6.07) is 16.0. The number of hydrogen-bond acceptors (Lipinski definition) is 4. The molecule has 26 heavy (non-hydrogen) atoms. The fraction of sp³-hybridized carbons (Fsp3) is 0.350. The van der Waals surface area contributed by atoms with Gasteiger partial charge in [-0.05, 0) is 31.0 Å². The minimum absolute atomic E-state index is 0.305. The molecule has 0 aromatic heterocycles. The number of nitrogens with zero attached hydrogens (tertiary/aromatic N) is 3. The number of anilines is 1. The summed E-state index contributed by atoms with van der Waals surface area (Å²) < 4.78 is 5.80. The van der Waals surface area contributed by atoms with Crippen molar-refractivity contribution in [1.82, 2.24) is 4.90 Å². The second-order valence-electron chi connectivity index (χ2n) is 6.65. The van der Waals surface area contributed by atoms with Gasteiger partial charge in [0.2, 0.25) is 0 Å². The van der Waals surface area contributed by atoms with Crippen molar-refractivity contribution < 1.29 is 4.74 Å². The van der Waals surface area contributed by atoms with Crippen LogP contribution in [0.3, 0.4) is 0 Å².